The van der Waals surface area contributed by atoms with Crippen molar-refractivity contribution in [3.8, 4) is 0 Å². The van der Waals surface area contributed by atoms with Gasteiger partial charge in [-0.2, -0.15) is 0 Å². The molecule has 0 unspecified atom stereocenters. The molecule has 0 bridgehead atoms. The van der Waals surface area contributed by atoms with E-state index in [1.165, 1.54) is 7.11 Å². The molecule has 1 aliphatic rings. The van der Waals surface area contributed by atoms with E-state index >= 15 is 0 Å². The zero-order chi connectivity index (χ0) is 30.8. The van der Waals surface area contributed by atoms with Gasteiger partial charge >= 0.3 is 17.9 Å². The molecule has 5 atom stereocenters. The van der Waals surface area contributed by atoms with Crippen LogP contribution in [0.15, 0.2) is 89.4 Å². The van der Waals surface area contributed by atoms with Gasteiger partial charge in [-0.3, -0.25) is 0 Å². The van der Waals surface area contributed by atoms with Crippen LogP contribution in [-0.2, 0) is 23.7 Å². The highest BCUT2D eigenvalue weighted by Crippen LogP contribution is 2.31. The number of rotatable bonds is 8. The van der Waals surface area contributed by atoms with Crippen LogP contribution in [0, 0.1) is 0 Å². The summed E-state index contributed by atoms with van der Waals surface area (Å²) in [6.45, 7) is -0.624. The van der Waals surface area contributed by atoms with Crippen LogP contribution < -0.4 is 0 Å². The highest BCUT2D eigenvalue weighted by Gasteiger charge is 2.53. The van der Waals surface area contributed by atoms with E-state index in [1.54, 1.807) is 42.5 Å². The van der Waals surface area contributed by atoms with E-state index in [9.17, 15) is 19.5 Å². The number of ether oxygens (including phenoxy) is 5. The second-order valence-corrected chi connectivity index (χ2v) is 11.0. The number of esters is 3. The predicted octanol–water partition coefficient (Wildman–Crippen LogP) is 4.75. The van der Waals surface area contributed by atoms with Crippen molar-refractivity contribution < 1.29 is 43.2 Å². The molecule has 44 heavy (non-hydrogen) atoms. The van der Waals surface area contributed by atoms with Gasteiger partial charge in [0.15, 0.2) is 24.6 Å². The third kappa shape index (κ3) is 5.97. The van der Waals surface area contributed by atoms with Crippen LogP contribution in [0.2, 0.25) is 0 Å². The molecule has 1 fully saturated rings. The summed E-state index contributed by atoms with van der Waals surface area (Å²) in [5.74, 6) is -2.37. The topological polar surface area (TPSA) is 149 Å². The summed E-state index contributed by atoms with van der Waals surface area (Å²) in [5, 5.41) is 11.8. The van der Waals surface area contributed by atoms with E-state index in [2.05, 4.69) is 25.9 Å². The number of methoxy groups -OCH3 is 1. The quantitative estimate of drug-likeness (QED) is 0.158. The van der Waals surface area contributed by atoms with Gasteiger partial charge in [0, 0.05) is 33.4 Å². The van der Waals surface area contributed by atoms with Crippen LogP contribution in [-0.4, -0.2) is 77.4 Å². The Hall–Kier alpha value is -4.49. The molecule has 3 heterocycles. The molecule has 0 aliphatic carbocycles. The number of hydrogen-bond donors (Lipinski definition) is 3. The largest absolute Gasteiger partial charge is 0.452 e. The molecule has 3 aromatic carbocycles. The van der Waals surface area contributed by atoms with Crippen LogP contribution in [0.25, 0.3) is 21.8 Å². The van der Waals surface area contributed by atoms with Crippen molar-refractivity contribution in [2.24, 2.45) is 0 Å². The van der Waals surface area contributed by atoms with E-state index < -0.39 is 55.2 Å². The fourth-order valence-corrected chi connectivity index (χ4v) is 5.40. The first-order valence-corrected chi connectivity index (χ1v) is 14.5. The minimum absolute atomic E-state index is 0.117. The Morgan fingerprint density at radius 2 is 1.27 bits per heavy atom. The Balaban J connectivity index is 1.35. The van der Waals surface area contributed by atoms with Gasteiger partial charge in [0.2, 0.25) is 0 Å². The van der Waals surface area contributed by atoms with Crippen LogP contribution in [0.5, 0.6) is 0 Å². The number of aliphatic hydroxyl groups excluding tert-OH is 1. The average molecular weight is 663 g/mol. The summed E-state index contributed by atoms with van der Waals surface area (Å²) in [6.07, 6.45) is -6.72. The van der Waals surface area contributed by atoms with E-state index in [1.807, 2.05) is 42.5 Å². The lowest BCUT2D eigenvalue weighted by atomic mass is 9.98. The number of halogens is 1. The number of hydrogen-bond acceptors (Lipinski definition) is 9. The van der Waals surface area contributed by atoms with Crippen molar-refractivity contribution in [1.82, 2.24) is 9.97 Å². The SMILES string of the molecule is CO[C@H]1O[C@H](CO)[C@@H](OC(=O)c2ccc(Br)cc2)[C@H](OC(=O)c2cc3ccccc3[nH]2)[C@H]1OC(=O)c1cc2ccccc2[nH]1. The third-order valence-electron chi connectivity index (χ3n) is 7.31. The number of carbonyl (C=O) groups is 3. The Morgan fingerprint density at radius 3 is 1.80 bits per heavy atom. The van der Waals surface area contributed by atoms with Crippen molar-refractivity contribution in [1.29, 1.82) is 0 Å². The fourth-order valence-electron chi connectivity index (χ4n) is 5.14. The molecule has 11 nitrogen and oxygen atoms in total. The zero-order valence-electron chi connectivity index (χ0n) is 23.3. The van der Waals surface area contributed by atoms with Crippen molar-refractivity contribution in [3.63, 3.8) is 0 Å². The van der Waals surface area contributed by atoms with Crippen LogP contribution in [0.3, 0.4) is 0 Å². The van der Waals surface area contributed by atoms with Gasteiger partial charge in [0.1, 0.15) is 17.5 Å². The second-order valence-electron chi connectivity index (χ2n) is 10.1. The van der Waals surface area contributed by atoms with E-state index in [0.717, 1.165) is 15.2 Å². The number of aromatic amines is 2. The predicted molar refractivity (Wildman–Crippen MR) is 161 cm³/mol. The summed E-state index contributed by atoms with van der Waals surface area (Å²) in [4.78, 5) is 46.2. The zero-order valence-corrected chi connectivity index (χ0v) is 24.9. The molecule has 2 aromatic heterocycles. The Kier molecular flexibility index (Phi) is 8.49. The number of carbonyl (C=O) groups excluding carboxylic acids is 3. The van der Waals surface area contributed by atoms with Crippen molar-refractivity contribution >= 4 is 55.6 Å². The molecule has 3 N–H and O–H groups in total. The lowest BCUT2D eigenvalue weighted by Crippen LogP contribution is -2.62. The Morgan fingerprint density at radius 1 is 0.750 bits per heavy atom. The second kappa shape index (κ2) is 12.6. The van der Waals surface area contributed by atoms with Gasteiger partial charge in [-0.1, -0.05) is 52.3 Å². The molecule has 226 valence electrons. The minimum atomic E-state index is -1.45. The highest BCUT2D eigenvalue weighted by atomic mass is 79.9. The van der Waals surface area contributed by atoms with E-state index in [-0.39, 0.29) is 17.0 Å². The summed E-state index contributed by atoms with van der Waals surface area (Å²) in [7, 11) is 1.31. The molecule has 0 radical (unpaired) electrons. The molecule has 0 spiro atoms. The molecular formula is C32H27BrN2O9. The molecular weight excluding hydrogens is 636 g/mol. The standard InChI is InChI=1S/C32H27BrN2O9/c1-40-32-28(44-31(39)24-15-19-7-3-5-9-22(19)35-24)27(43-30(38)23-14-18-6-2-4-8-21(18)34-23)26(25(16-36)41-32)42-29(37)17-10-12-20(33)13-11-17/h2-15,25-28,32,34-36H,16H2,1H3/t25-,26-,27+,28-,32+/m1/s1. The number of aromatic nitrogens is 2. The van der Waals surface area contributed by atoms with Gasteiger partial charge in [-0.25, -0.2) is 14.4 Å². The number of fused-ring (bicyclic) bond motifs is 2. The molecule has 12 heteroatoms. The summed E-state index contributed by atoms with van der Waals surface area (Å²) in [5.41, 5.74) is 1.87. The lowest BCUT2D eigenvalue weighted by molar-refractivity contribution is -0.292. The lowest BCUT2D eigenvalue weighted by Gasteiger charge is -2.43. The van der Waals surface area contributed by atoms with Gasteiger partial charge in [-0.05, 0) is 48.5 Å². The summed E-state index contributed by atoms with van der Waals surface area (Å²) in [6, 6.07) is 24.2. The first-order chi connectivity index (χ1) is 21.3. The minimum Gasteiger partial charge on any atom is -0.452 e. The van der Waals surface area contributed by atoms with Crippen molar-refractivity contribution in [2.75, 3.05) is 13.7 Å². The van der Waals surface area contributed by atoms with Gasteiger partial charge in [-0.15, -0.1) is 0 Å². The van der Waals surface area contributed by atoms with E-state index in [0.29, 0.717) is 11.0 Å². The summed E-state index contributed by atoms with van der Waals surface area (Å²) >= 11 is 3.33. The summed E-state index contributed by atoms with van der Waals surface area (Å²) < 4.78 is 29.7. The number of para-hydroxylation sites is 2. The molecule has 5 aromatic rings. The van der Waals surface area contributed by atoms with Crippen LogP contribution >= 0.6 is 15.9 Å². The van der Waals surface area contributed by atoms with Gasteiger partial charge < -0.3 is 38.8 Å². The van der Waals surface area contributed by atoms with Gasteiger partial charge in [0.05, 0.1) is 12.2 Å². The molecule has 6 rings (SSSR count). The number of nitrogens with one attached hydrogen (secondary N) is 2. The molecule has 1 saturated heterocycles. The fraction of sp³-hybridized carbons (Fsp3) is 0.219. The number of H-pyrrole nitrogens is 2. The van der Waals surface area contributed by atoms with Crippen LogP contribution in [0.1, 0.15) is 31.3 Å². The van der Waals surface area contributed by atoms with Crippen molar-refractivity contribution in [3.05, 3.63) is 106 Å². The molecule has 0 amide bonds. The number of aliphatic hydroxyl groups is 1. The molecule has 0 saturated carbocycles. The van der Waals surface area contributed by atoms with Crippen LogP contribution in [0.4, 0.5) is 0 Å². The first-order valence-electron chi connectivity index (χ1n) is 13.7. The highest BCUT2D eigenvalue weighted by molar-refractivity contribution is 9.10. The third-order valence-corrected chi connectivity index (χ3v) is 7.84. The maximum absolute atomic E-state index is 13.5. The first kappa shape index (κ1) is 29.6. The smallest absolute Gasteiger partial charge is 0.355 e. The maximum atomic E-state index is 13.5. The Bertz CT molecular complexity index is 1750. The van der Waals surface area contributed by atoms with Crippen molar-refractivity contribution in [2.45, 2.75) is 30.7 Å². The maximum Gasteiger partial charge on any atom is 0.355 e. The average Bonchev–Trinajstić information content (AvgIpc) is 3.68. The monoisotopic (exact) mass is 662 g/mol. The molecule has 1 aliphatic heterocycles. The Labute approximate surface area is 259 Å². The van der Waals surface area contributed by atoms with Gasteiger partial charge in [0.25, 0.3) is 0 Å². The van der Waals surface area contributed by atoms with E-state index in [4.69, 9.17) is 23.7 Å². The normalized spacial score (nSPS) is 21.7. The number of benzene rings is 3.